The summed E-state index contributed by atoms with van der Waals surface area (Å²) >= 11 is 0. The van der Waals surface area contributed by atoms with E-state index in [4.69, 9.17) is 5.11 Å². The lowest BCUT2D eigenvalue weighted by Crippen LogP contribution is -2.24. The van der Waals surface area contributed by atoms with Gasteiger partial charge in [0.25, 0.3) is 0 Å². The van der Waals surface area contributed by atoms with Crippen LogP contribution < -0.4 is 10.6 Å². The van der Waals surface area contributed by atoms with Crippen molar-refractivity contribution in [2.75, 3.05) is 5.32 Å². The first-order chi connectivity index (χ1) is 12.3. The van der Waals surface area contributed by atoms with E-state index < -0.39 is 5.97 Å². The molecule has 0 aliphatic heterocycles. The number of benzene rings is 2. The van der Waals surface area contributed by atoms with Crippen molar-refractivity contribution in [2.45, 2.75) is 26.8 Å². The number of rotatable bonds is 7. The van der Waals surface area contributed by atoms with Crippen molar-refractivity contribution in [1.82, 2.24) is 5.32 Å². The molecular formula is C20H22N2O4. The van der Waals surface area contributed by atoms with E-state index in [0.717, 1.165) is 16.8 Å². The number of carboxylic acid groups (broad SMARTS) is 1. The van der Waals surface area contributed by atoms with Crippen LogP contribution in [0.3, 0.4) is 0 Å². The highest BCUT2D eigenvalue weighted by Crippen LogP contribution is 2.11. The Kier molecular flexibility index (Phi) is 6.49. The molecule has 6 heteroatoms. The second-order valence-corrected chi connectivity index (χ2v) is 6.30. The van der Waals surface area contributed by atoms with Gasteiger partial charge in [-0.15, -0.1) is 0 Å². The third-order valence-corrected chi connectivity index (χ3v) is 3.80. The van der Waals surface area contributed by atoms with Crippen LogP contribution in [0, 0.1) is 5.92 Å². The minimum absolute atomic E-state index is 0.0417. The molecule has 0 spiro atoms. The highest BCUT2D eigenvalue weighted by atomic mass is 16.4. The number of nitrogens with one attached hydrogen (secondary N) is 2. The van der Waals surface area contributed by atoms with Gasteiger partial charge in [-0.1, -0.05) is 38.1 Å². The fraction of sp³-hybridized carbons (Fsp3) is 0.250. The Morgan fingerprint density at radius 3 is 2.04 bits per heavy atom. The number of carboxylic acids is 1. The summed E-state index contributed by atoms with van der Waals surface area (Å²) < 4.78 is 0. The zero-order valence-corrected chi connectivity index (χ0v) is 14.8. The Hall–Kier alpha value is -3.15. The van der Waals surface area contributed by atoms with Crippen LogP contribution in [0.5, 0.6) is 0 Å². The van der Waals surface area contributed by atoms with Crippen molar-refractivity contribution >= 4 is 23.5 Å². The molecule has 0 aliphatic carbocycles. The average Bonchev–Trinajstić information content (AvgIpc) is 2.61. The first-order valence-electron chi connectivity index (χ1n) is 8.34. The summed E-state index contributed by atoms with van der Waals surface area (Å²) in [5.74, 6) is -1.27. The largest absolute Gasteiger partial charge is 0.478 e. The summed E-state index contributed by atoms with van der Waals surface area (Å²) in [7, 11) is 0. The monoisotopic (exact) mass is 354 g/mol. The van der Waals surface area contributed by atoms with Crippen LogP contribution in [0.15, 0.2) is 48.5 Å². The molecule has 0 radical (unpaired) electrons. The van der Waals surface area contributed by atoms with Gasteiger partial charge in [0.1, 0.15) is 0 Å². The predicted octanol–water partition coefficient (Wildman–Crippen LogP) is 2.84. The third-order valence-electron chi connectivity index (χ3n) is 3.80. The fourth-order valence-corrected chi connectivity index (χ4v) is 2.21. The van der Waals surface area contributed by atoms with E-state index in [1.54, 1.807) is 24.3 Å². The third kappa shape index (κ3) is 5.73. The zero-order valence-electron chi connectivity index (χ0n) is 14.8. The second kappa shape index (κ2) is 8.80. The quantitative estimate of drug-likeness (QED) is 0.712. The Morgan fingerprint density at radius 2 is 1.50 bits per heavy atom. The van der Waals surface area contributed by atoms with E-state index in [1.165, 1.54) is 12.1 Å². The zero-order chi connectivity index (χ0) is 19.1. The number of anilines is 1. The molecule has 26 heavy (non-hydrogen) atoms. The fourth-order valence-electron chi connectivity index (χ4n) is 2.21. The molecule has 6 nitrogen and oxygen atoms in total. The lowest BCUT2D eigenvalue weighted by Gasteiger charge is -2.09. The molecule has 3 N–H and O–H groups in total. The minimum atomic E-state index is -0.992. The highest BCUT2D eigenvalue weighted by molar-refractivity contribution is 5.92. The molecule has 0 atom stereocenters. The number of carbonyl (C=O) groups is 3. The van der Waals surface area contributed by atoms with Crippen molar-refractivity contribution in [3.05, 3.63) is 65.2 Å². The topological polar surface area (TPSA) is 95.5 Å². The van der Waals surface area contributed by atoms with Crippen molar-refractivity contribution in [2.24, 2.45) is 5.92 Å². The van der Waals surface area contributed by atoms with Gasteiger partial charge in [0.05, 0.1) is 12.0 Å². The summed E-state index contributed by atoms with van der Waals surface area (Å²) in [6, 6.07) is 13.5. The van der Waals surface area contributed by atoms with Gasteiger partial charge in [-0.2, -0.15) is 0 Å². The Morgan fingerprint density at radius 1 is 0.923 bits per heavy atom. The SMILES string of the molecule is CC(C)C(=O)Nc1ccc(CNC(=O)Cc2ccc(C(=O)O)cc2)cc1. The molecule has 0 aliphatic rings. The molecule has 0 aromatic heterocycles. The van der Waals surface area contributed by atoms with Crippen molar-refractivity contribution in [3.8, 4) is 0 Å². The van der Waals surface area contributed by atoms with Gasteiger partial charge in [-0.3, -0.25) is 9.59 Å². The van der Waals surface area contributed by atoms with Gasteiger partial charge >= 0.3 is 5.97 Å². The van der Waals surface area contributed by atoms with Gasteiger partial charge in [0.2, 0.25) is 11.8 Å². The number of amides is 2. The van der Waals surface area contributed by atoms with Crippen LogP contribution in [0.1, 0.15) is 35.3 Å². The molecule has 0 saturated heterocycles. The van der Waals surface area contributed by atoms with Gasteiger partial charge < -0.3 is 15.7 Å². The Labute approximate surface area is 152 Å². The molecule has 2 rings (SSSR count). The van der Waals surface area contributed by atoms with E-state index in [-0.39, 0.29) is 29.7 Å². The van der Waals surface area contributed by atoms with Crippen molar-refractivity contribution < 1.29 is 19.5 Å². The number of carbonyl (C=O) groups excluding carboxylic acids is 2. The molecular weight excluding hydrogens is 332 g/mol. The Balaban J connectivity index is 1.83. The second-order valence-electron chi connectivity index (χ2n) is 6.30. The van der Waals surface area contributed by atoms with Gasteiger partial charge in [-0.25, -0.2) is 4.79 Å². The van der Waals surface area contributed by atoms with Crippen LogP contribution in [0.4, 0.5) is 5.69 Å². The smallest absolute Gasteiger partial charge is 0.335 e. The lowest BCUT2D eigenvalue weighted by molar-refractivity contribution is -0.120. The summed E-state index contributed by atoms with van der Waals surface area (Å²) in [5.41, 5.74) is 2.58. The molecule has 0 unspecified atom stereocenters. The summed E-state index contributed by atoms with van der Waals surface area (Å²) in [6.45, 7) is 4.04. The van der Waals surface area contributed by atoms with Crippen LogP contribution >= 0.6 is 0 Å². The molecule has 2 aromatic rings. The normalized spacial score (nSPS) is 10.4. The van der Waals surface area contributed by atoms with Gasteiger partial charge in [0.15, 0.2) is 0 Å². The van der Waals surface area contributed by atoms with Crippen molar-refractivity contribution in [3.63, 3.8) is 0 Å². The maximum Gasteiger partial charge on any atom is 0.335 e. The molecule has 2 amide bonds. The van der Waals surface area contributed by atoms with Gasteiger partial charge in [-0.05, 0) is 35.4 Å². The van der Waals surface area contributed by atoms with Crippen LogP contribution in [0.25, 0.3) is 0 Å². The molecule has 136 valence electrons. The molecule has 0 bridgehead atoms. The molecule has 0 fully saturated rings. The maximum absolute atomic E-state index is 12.0. The lowest BCUT2D eigenvalue weighted by atomic mass is 10.1. The van der Waals surface area contributed by atoms with Crippen LogP contribution in [0.2, 0.25) is 0 Å². The molecule has 0 saturated carbocycles. The Bertz CT molecular complexity index is 780. The summed E-state index contributed by atoms with van der Waals surface area (Å²) in [6.07, 6.45) is 0.183. The number of hydrogen-bond donors (Lipinski definition) is 3. The standard InChI is InChI=1S/C20H22N2O4/c1-13(2)19(24)22-17-9-5-15(6-10-17)12-21-18(23)11-14-3-7-16(8-4-14)20(25)26/h3-10,13H,11-12H2,1-2H3,(H,21,23)(H,22,24)(H,25,26). The van der Waals surface area contributed by atoms with Crippen LogP contribution in [-0.2, 0) is 22.6 Å². The van der Waals surface area contributed by atoms with E-state index >= 15 is 0 Å². The highest BCUT2D eigenvalue weighted by Gasteiger charge is 2.08. The van der Waals surface area contributed by atoms with E-state index in [1.807, 2.05) is 26.0 Å². The van der Waals surface area contributed by atoms with E-state index in [2.05, 4.69) is 10.6 Å². The first-order valence-corrected chi connectivity index (χ1v) is 8.34. The summed E-state index contributed by atoms with van der Waals surface area (Å²) in [5, 5.41) is 14.5. The van der Waals surface area contributed by atoms with E-state index in [9.17, 15) is 14.4 Å². The predicted molar refractivity (Wildman–Crippen MR) is 98.9 cm³/mol. The van der Waals surface area contributed by atoms with Crippen LogP contribution in [-0.4, -0.2) is 22.9 Å². The first kappa shape index (κ1) is 19.2. The van der Waals surface area contributed by atoms with E-state index in [0.29, 0.717) is 6.54 Å². The minimum Gasteiger partial charge on any atom is -0.478 e. The summed E-state index contributed by atoms with van der Waals surface area (Å²) in [4.78, 5) is 34.5. The van der Waals surface area contributed by atoms with Gasteiger partial charge in [0, 0.05) is 18.2 Å². The number of hydrogen-bond acceptors (Lipinski definition) is 3. The van der Waals surface area contributed by atoms with Crippen molar-refractivity contribution in [1.29, 1.82) is 0 Å². The number of aromatic carboxylic acids is 1. The molecule has 0 heterocycles. The maximum atomic E-state index is 12.0. The average molecular weight is 354 g/mol. The molecule has 2 aromatic carbocycles.